The topological polar surface area (TPSA) is 67.2 Å². The molecule has 1 amide bonds. The van der Waals surface area contributed by atoms with E-state index in [0.717, 1.165) is 31.7 Å². The summed E-state index contributed by atoms with van der Waals surface area (Å²) in [7, 11) is 0. The molecular weight excluding hydrogens is 342 g/mol. The van der Waals surface area contributed by atoms with E-state index in [2.05, 4.69) is 23.6 Å². The van der Waals surface area contributed by atoms with Crippen molar-refractivity contribution in [2.45, 2.75) is 44.4 Å². The fourth-order valence-corrected chi connectivity index (χ4v) is 4.08. The number of carbonyl (C=O) groups excluding carboxylic acids is 1. The number of hydrogen-bond acceptors (Lipinski definition) is 5. The van der Waals surface area contributed by atoms with Gasteiger partial charge in [0.1, 0.15) is 11.7 Å². The zero-order valence-corrected chi connectivity index (χ0v) is 16.5. The Kier molecular flexibility index (Phi) is 6.52. The maximum Gasteiger partial charge on any atom is 0.227 e. The second-order valence-electron chi connectivity index (χ2n) is 8.28. The highest BCUT2D eigenvalue weighted by Gasteiger charge is 2.43. The van der Waals surface area contributed by atoms with E-state index in [4.69, 9.17) is 0 Å². The number of amides is 1. The largest absolute Gasteiger partial charge is 0.388 e. The molecule has 1 aromatic carbocycles. The second-order valence-corrected chi connectivity index (χ2v) is 8.28. The van der Waals surface area contributed by atoms with E-state index in [0.29, 0.717) is 32.0 Å². The van der Waals surface area contributed by atoms with Crippen molar-refractivity contribution < 1.29 is 15.0 Å². The van der Waals surface area contributed by atoms with Crippen LogP contribution in [-0.4, -0.2) is 94.4 Å². The molecule has 2 N–H and O–H groups in total. The zero-order chi connectivity index (χ0) is 19.4. The van der Waals surface area contributed by atoms with Gasteiger partial charge < -0.3 is 15.1 Å². The highest BCUT2D eigenvalue weighted by Crippen LogP contribution is 2.25. The Balaban J connectivity index is 1.51. The molecule has 0 spiro atoms. The molecule has 150 valence electrons. The van der Waals surface area contributed by atoms with Crippen molar-refractivity contribution in [2.75, 3.05) is 45.8 Å². The fourth-order valence-electron chi connectivity index (χ4n) is 4.08. The van der Waals surface area contributed by atoms with Gasteiger partial charge in [-0.15, -0.1) is 0 Å². The predicted molar refractivity (Wildman–Crippen MR) is 105 cm³/mol. The van der Waals surface area contributed by atoms with Crippen molar-refractivity contribution in [3.8, 4) is 0 Å². The normalized spacial score (nSPS) is 27.9. The molecule has 6 nitrogen and oxygen atoms in total. The van der Waals surface area contributed by atoms with Gasteiger partial charge in [-0.1, -0.05) is 30.3 Å². The average molecular weight is 376 g/mol. The van der Waals surface area contributed by atoms with Crippen molar-refractivity contribution in [2.24, 2.45) is 0 Å². The lowest BCUT2D eigenvalue weighted by atomic mass is 9.87. The molecule has 1 aromatic rings. The van der Waals surface area contributed by atoms with E-state index < -0.39 is 11.7 Å². The van der Waals surface area contributed by atoms with Crippen LogP contribution in [0.5, 0.6) is 0 Å². The Labute approximate surface area is 162 Å². The zero-order valence-electron chi connectivity index (χ0n) is 16.5. The molecule has 2 fully saturated rings. The quantitative estimate of drug-likeness (QED) is 0.788. The van der Waals surface area contributed by atoms with Crippen molar-refractivity contribution in [1.29, 1.82) is 0 Å². The van der Waals surface area contributed by atoms with Crippen LogP contribution in [0.4, 0.5) is 0 Å². The van der Waals surface area contributed by atoms with Crippen LogP contribution in [0.15, 0.2) is 30.3 Å². The summed E-state index contributed by atoms with van der Waals surface area (Å²) in [5.41, 5.74) is -0.162. The second kappa shape index (κ2) is 8.69. The molecule has 3 rings (SSSR count). The maximum atomic E-state index is 12.5. The van der Waals surface area contributed by atoms with Crippen molar-refractivity contribution in [3.63, 3.8) is 0 Å². The van der Waals surface area contributed by atoms with Gasteiger partial charge in [0.25, 0.3) is 0 Å². The average Bonchev–Trinajstić information content (AvgIpc) is 2.65. The lowest BCUT2D eigenvalue weighted by molar-refractivity contribution is -0.154. The van der Waals surface area contributed by atoms with E-state index in [1.54, 1.807) is 4.90 Å². The number of hydrogen-bond donors (Lipinski definition) is 2. The highest BCUT2D eigenvalue weighted by molar-refractivity contribution is 5.79. The van der Waals surface area contributed by atoms with Gasteiger partial charge in [-0.05, 0) is 25.8 Å². The van der Waals surface area contributed by atoms with Crippen LogP contribution in [0.2, 0.25) is 0 Å². The third-order valence-corrected chi connectivity index (χ3v) is 6.01. The van der Waals surface area contributed by atoms with Gasteiger partial charge in [-0.25, -0.2) is 0 Å². The van der Waals surface area contributed by atoms with E-state index in [-0.39, 0.29) is 12.5 Å². The number of aliphatic hydroxyl groups excluding tert-OH is 1. The number of β-amino-alcohol motifs (C(OH)–C–C–N with tert-alkyl or cyclic N) is 2. The predicted octanol–water partition coefficient (Wildman–Crippen LogP) is 0.579. The number of carbonyl (C=O) groups is 1. The first kappa shape index (κ1) is 20.3. The minimum absolute atomic E-state index is 0.00727. The third kappa shape index (κ3) is 5.08. The molecule has 2 aliphatic heterocycles. The summed E-state index contributed by atoms with van der Waals surface area (Å²) < 4.78 is 0. The molecular formula is C21H33N3O3. The summed E-state index contributed by atoms with van der Waals surface area (Å²) >= 11 is 0. The summed E-state index contributed by atoms with van der Waals surface area (Å²) in [6.45, 7) is 9.37. The van der Waals surface area contributed by atoms with Gasteiger partial charge in [-0.3, -0.25) is 14.6 Å². The minimum atomic E-state index is -1.14. The summed E-state index contributed by atoms with van der Waals surface area (Å²) in [5.74, 6) is 0.00727. The lowest BCUT2D eigenvalue weighted by Crippen LogP contribution is -2.63. The molecule has 0 aromatic heterocycles. The van der Waals surface area contributed by atoms with Crippen LogP contribution < -0.4 is 0 Å². The van der Waals surface area contributed by atoms with E-state index in [1.165, 1.54) is 0 Å². The number of aliphatic hydroxyl groups is 2. The summed E-state index contributed by atoms with van der Waals surface area (Å²) in [6, 6.07) is 10.2. The van der Waals surface area contributed by atoms with Gasteiger partial charge in [0, 0.05) is 51.9 Å². The molecule has 2 atom stereocenters. The minimum Gasteiger partial charge on any atom is -0.388 e. The Morgan fingerprint density at radius 2 is 1.81 bits per heavy atom. The first-order chi connectivity index (χ1) is 12.9. The van der Waals surface area contributed by atoms with E-state index in [9.17, 15) is 15.0 Å². The number of piperazine rings is 1. The molecule has 27 heavy (non-hydrogen) atoms. The van der Waals surface area contributed by atoms with Gasteiger partial charge in [0.2, 0.25) is 5.91 Å². The standard InChI is InChI=1S/C21H33N3O3/c1-17(2)23-12-10-22(11-13-23)16-21(27)8-9-24(15-19(21)25)20(26)14-18-6-4-3-5-7-18/h3-7,17,19,25,27H,8-16H2,1-2H3/t19-,21-/m0/s1. The van der Waals surface area contributed by atoms with Crippen molar-refractivity contribution in [1.82, 2.24) is 14.7 Å². The third-order valence-electron chi connectivity index (χ3n) is 6.01. The first-order valence-electron chi connectivity index (χ1n) is 10.1. The molecule has 2 aliphatic rings. The molecule has 6 heteroatoms. The van der Waals surface area contributed by atoms with Crippen LogP contribution in [0, 0.1) is 0 Å². The van der Waals surface area contributed by atoms with Gasteiger partial charge in [0.15, 0.2) is 0 Å². The summed E-state index contributed by atoms with van der Waals surface area (Å²) in [4.78, 5) is 18.9. The Morgan fingerprint density at radius 3 is 2.41 bits per heavy atom. The van der Waals surface area contributed by atoms with Crippen LogP contribution in [0.25, 0.3) is 0 Å². The molecule has 0 bridgehead atoms. The van der Waals surface area contributed by atoms with Crippen molar-refractivity contribution >= 4 is 5.91 Å². The SMILES string of the molecule is CC(C)N1CCN(C[C@@]2(O)CCN(C(=O)Cc3ccccc3)C[C@@H]2O)CC1. The number of likely N-dealkylation sites (tertiary alicyclic amines) is 1. The smallest absolute Gasteiger partial charge is 0.227 e. The lowest BCUT2D eigenvalue weighted by Gasteiger charge is -2.46. The number of piperidine rings is 1. The van der Waals surface area contributed by atoms with Gasteiger partial charge >= 0.3 is 0 Å². The Hall–Kier alpha value is -1.47. The van der Waals surface area contributed by atoms with Crippen LogP contribution >= 0.6 is 0 Å². The summed E-state index contributed by atoms with van der Waals surface area (Å²) in [5, 5.41) is 21.6. The molecule has 0 saturated carbocycles. The Morgan fingerprint density at radius 1 is 1.15 bits per heavy atom. The van der Waals surface area contributed by atoms with Crippen molar-refractivity contribution in [3.05, 3.63) is 35.9 Å². The Bertz CT molecular complexity index is 616. The molecule has 2 heterocycles. The van der Waals surface area contributed by atoms with Gasteiger partial charge in [0.05, 0.1) is 6.42 Å². The first-order valence-corrected chi connectivity index (χ1v) is 10.1. The monoisotopic (exact) mass is 375 g/mol. The number of rotatable bonds is 5. The summed E-state index contributed by atoms with van der Waals surface area (Å²) in [6.07, 6.45) is -0.156. The maximum absolute atomic E-state index is 12.5. The molecule has 2 saturated heterocycles. The van der Waals surface area contributed by atoms with Gasteiger partial charge in [-0.2, -0.15) is 0 Å². The number of nitrogens with zero attached hydrogens (tertiary/aromatic N) is 3. The molecule has 0 aliphatic carbocycles. The van der Waals surface area contributed by atoms with Crippen LogP contribution in [0.3, 0.4) is 0 Å². The molecule has 0 radical (unpaired) electrons. The van der Waals surface area contributed by atoms with E-state index in [1.807, 2.05) is 30.3 Å². The highest BCUT2D eigenvalue weighted by atomic mass is 16.3. The van der Waals surface area contributed by atoms with E-state index >= 15 is 0 Å². The molecule has 0 unspecified atom stereocenters. The van der Waals surface area contributed by atoms with Crippen LogP contribution in [-0.2, 0) is 11.2 Å². The van der Waals surface area contributed by atoms with Crippen LogP contribution in [0.1, 0.15) is 25.8 Å². The number of benzene rings is 1. The fraction of sp³-hybridized carbons (Fsp3) is 0.667.